The number of carbonyl (C=O) groups excluding carboxylic acids is 3. The van der Waals surface area contributed by atoms with Gasteiger partial charge < -0.3 is 21.7 Å². The van der Waals surface area contributed by atoms with Gasteiger partial charge in [-0.2, -0.15) is 0 Å². The molecule has 0 aliphatic carbocycles. The molecule has 5 N–H and O–H groups in total. The normalized spacial score (nSPS) is 19.0. The highest BCUT2D eigenvalue weighted by atomic mass is 16.2. The number of rotatable bonds is 8. The molecule has 7 heteroatoms. The predicted molar refractivity (Wildman–Crippen MR) is 99.1 cm³/mol. The van der Waals surface area contributed by atoms with Gasteiger partial charge in [0.15, 0.2) is 0 Å². The van der Waals surface area contributed by atoms with Gasteiger partial charge in [0.05, 0.1) is 6.04 Å². The van der Waals surface area contributed by atoms with Gasteiger partial charge in [-0.25, -0.2) is 0 Å². The maximum absolute atomic E-state index is 12.7. The molecule has 26 heavy (non-hydrogen) atoms. The van der Waals surface area contributed by atoms with E-state index in [4.69, 9.17) is 5.73 Å². The average molecular weight is 360 g/mol. The minimum atomic E-state index is -0.826. The first kappa shape index (κ1) is 19.9. The number of primary amides is 1. The van der Waals surface area contributed by atoms with Crippen molar-refractivity contribution in [1.82, 2.24) is 16.0 Å². The lowest BCUT2D eigenvalue weighted by atomic mass is 10.0. The second-order valence-electron chi connectivity index (χ2n) is 7.03. The number of benzene rings is 1. The summed E-state index contributed by atoms with van der Waals surface area (Å²) in [6, 6.07) is 7.53. The first-order chi connectivity index (χ1) is 12.4. The zero-order valence-corrected chi connectivity index (χ0v) is 15.3. The Morgan fingerprint density at radius 3 is 2.42 bits per heavy atom. The monoisotopic (exact) mass is 360 g/mol. The molecule has 0 spiro atoms. The highest BCUT2D eigenvalue weighted by Gasteiger charge is 2.31. The van der Waals surface area contributed by atoms with E-state index >= 15 is 0 Å². The van der Waals surface area contributed by atoms with Crippen LogP contribution in [0, 0.1) is 5.92 Å². The van der Waals surface area contributed by atoms with E-state index in [0.717, 1.165) is 24.9 Å². The summed E-state index contributed by atoms with van der Waals surface area (Å²) in [6.07, 6.45) is 2.01. The molecule has 2 rings (SSSR count). The first-order valence-corrected chi connectivity index (χ1v) is 9.06. The molecule has 0 aromatic heterocycles. The fourth-order valence-electron chi connectivity index (χ4n) is 3.03. The summed E-state index contributed by atoms with van der Waals surface area (Å²) >= 11 is 0. The molecule has 1 aliphatic heterocycles. The molecular weight excluding hydrogens is 332 g/mol. The number of carbonyl (C=O) groups is 3. The Labute approximate surface area is 154 Å². The predicted octanol–water partition coefficient (Wildman–Crippen LogP) is 0.0920. The average Bonchev–Trinajstić information content (AvgIpc) is 3.14. The van der Waals surface area contributed by atoms with E-state index in [2.05, 4.69) is 16.0 Å². The van der Waals surface area contributed by atoms with Crippen LogP contribution in [0.1, 0.15) is 32.3 Å². The quantitative estimate of drug-likeness (QED) is 0.526. The van der Waals surface area contributed by atoms with Gasteiger partial charge in [0.1, 0.15) is 12.1 Å². The van der Waals surface area contributed by atoms with Crippen molar-refractivity contribution in [2.24, 2.45) is 11.7 Å². The third kappa shape index (κ3) is 5.56. The Kier molecular flexibility index (Phi) is 7.15. The number of amides is 3. The lowest BCUT2D eigenvalue weighted by Crippen LogP contribution is -2.57. The van der Waals surface area contributed by atoms with Crippen LogP contribution in [0.4, 0.5) is 0 Å². The van der Waals surface area contributed by atoms with Gasteiger partial charge in [0, 0.05) is 6.42 Å². The van der Waals surface area contributed by atoms with Crippen LogP contribution < -0.4 is 21.7 Å². The fourth-order valence-corrected chi connectivity index (χ4v) is 3.03. The fraction of sp³-hybridized carbons (Fsp3) is 0.526. The number of hydrogen-bond acceptors (Lipinski definition) is 4. The summed E-state index contributed by atoms with van der Waals surface area (Å²) in [5.41, 5.74) is 6.36. The standard InChI is InChI=1S/C19H28N4O3/c1-12(2)16(23-18(25)14-9-6-10-21-14)19(26)22-15(17(20)24)11-13-7-4-3-5-8-13/h3-5,7-8,12,14-16,21H,6,9-11H2,1-2H3,(H2,20,24)(H,22,26)(H,23,25)/t14-,15-,16-/m0/s1. The molecule has 142 valence electrons. The second-order valence-corrected chi connectivity index (χ2v) is 7.03. The molecule has 1 saturated heterocycles. The summed E-state index contributed by atoms with van der Waals surface area (Å²) < 4.78 is 0. The van der Waals surface area contributed by atoms with Crippen LogP contribution >= 0.6 is 0 Å². The first-order valence-electron chi connectivity index (χ1n) is 9.06. The summed E-state index contributed by atoms with van der Waals surface area (Å²) in [4.78, 5) is 36.8. The van der Waals surface area contributed by atoms with E-state index in [0.29, 0.717) is 6.42 Å². The summed E-state index contributed by atoms with van der Waals surface area (Å²) in [5, 5.41) is 8.61. The Bertz CT molecular complexity index is 627. The van der Waals surface area contributed by atoms with Gasteiger partial charge in [-0.1, -0.05) is 44.2 Å². The van der Waals surface area contributed by atoms with Crippen molar-refractivity contribution in [2.75, 3.05) is 6.54 Å². The lowest BCUT2D eigenvalue weighted by Gasteiger charge is -2.25. The third-order valence-corrected chi connectivity index (χ3v) is 4.57. The largest absolute Gasteiger partial charge is 0.368 e. The molecular formula is C19H28N4O3. The minimum Gasteiger partial charge on any atom is -0.368 e. The Hall–Kier alpha value is -2.41. The van der Waals surface area contributed by atoms with Gasteiger partial charge in [-0.05, 0) is 30.9 Å². The molecule has 1 heterocycles. The molecule has 3 atom stereocenters. The molecule has 1 fully saturated rings. The molecule has 1 aliphatic rings. The zero-order chi connectivity index (χ0) is 19.1. The van der Waals surface area contributed by atoms with Crippen LogP contribution in [0.5, 0.6) is 0 Å². The van der Waals surface area contributed by atoms with Crippen molar-refractivity contribution in [3.63, 3.8) is 0 Å². The SMILES string of the molecule is CC(C)[C@H](NC(=O)[C@@H]1CCCN1)C(=O)N[C@@H](Cc1ccccc1)C(N)=O. The number of hydrogen-bond donors (Lipinski definition) is 4. The molecule has 1 aromatic carbocycles. The lowest BCUT2D eigenvalue weighted by molar-refractivity contribution is -0.132. The van der Waals surface area contributed by atoms with Crippen LogP contribution in [0.3, 0.4) is 0 Å². The second kappa shape index (κ2) is 9.33. The maximum Gasteiger partial charge on any atom is 0.243 e. The Morgan fingerprint density at radius 1 is 1.19 bits per heavy atom. The molecule has 0 saturated carbocycles. The topological polar surface area (TPSA) is 113 Å². The van der Waals surface area contributed by atoms with E-state index < -0.39 is 23.9 Å². The number of nitrogens with one attached hydrogen (secondary N) is 3. The molecule has 1 aromatic rings. The van der Waals surface area contributed by atoms with E-state index in [1.807, 2.05) is 44.2 Å². The van der Waals surface area contributed by atoms with Crippen LogP contribution in [0.15, 0.2) is 30.3 Å². The van der Waals surface area contributed by atoms with Gasteiger partial charge in [-0.3, -0.25) is 14.4 Å². The summed E-state index contributed by atoms with van der Waals surface area (Å²) in [7, 11) is 0. The molecule has 0 radical (unpaired) electrons. The summed E-state index contributed by atoms with van der Waals surface area (Å²) in [6.45, 7) is 4.50. The smallest absolute Gasteiger partial charge is 0.243 e. The van der Waals surface area contributed by atoms with E-state index in [1.54, 1.807) is 0 Å². The molecule has 7 nitrogen and oxygen atoms in total. The van der Waals surface area contributed by atoms with Crippen molar-refractivity contribution in [1.29, 1.82) is 0 Å². The highest BCUT2D eigenvalue weighted by molar-refractivity contribution is 5.93. The van der Waals surface area contributed by atoms with Crippen molar-refractivity contribution in [3.8, 4) is 0 Å². The van der Waals surface area contributed by atoms with Crippen LogP contribution in [-0.2, 0) is 20.8 Å². The highest BCUT2D eigenvalue weighted by Crippen LogP contribution is 2.09. The maximum atomic E-state index is 12.7. The molecule has 0 bridgehead atoms. The zero-order valence-electron chi connectivity index (χ0n) is 15.3. The van der Waals surface area contributed by atoms with Gasteiger partial charge in [0.25, 0.3) is 0 Å². The Balaban J connectivity index is 2.01. The van der Waals surface area contributed by atoms with Crippen molar-refractivity contribution in [3.05, 3.63) is 35.9 Å². The van der Waals surface area contributed by atoms with Gasteiger partial charge in [-0.15, -0.1) is 0 Å². The number of nitrogens with two attached hydrogens (primary N) is 1. The van der Waals surface area contributed by atoms with Gasteiger partial charge >= 0.3 is 0 Å². The molecule has 3 amide bonds. The van der Waals surface area contributed by atoms with Crippen molar-refractivity contribution in [2.45, 2.75) is 51.2 Å². The molecule has 0 unspecified atom stereocenters. The van der Waals surface area contributed by atoms with E-state index in [1.165, 1.54) is 0 Å². The third-order valence-electron chi connectivity index (χ3n) is 4.57. The van der Waals surface area contributed by atoms with E-state index in [-0.39, 0.29) is 17.9 Å². The van der Waals surface area contributed by atoms with Crippen molar-refractivity contribution >= 4 is 17.7 Å². The van der Waals surface area contributed by atoms with Crippen LogP contribution in [0.25, 0.3) is 0 Å². The van der Waals surface area contributed by atoms with Gasteiger partial charge in [0.2, 0.25) is 17.7 Å². The summed E-state index contributed by atoms with van der Waals surface area (Å²) in [5.74, 6) is -1.31. The van der Waals surface area contributed by atoms with Crippen molar-refractivity contribution < 1.29 is 14.4 Å². The van der Waals surface area contributed by atoms with E-state index in [9.17, 15) is 14.4 Å². The minimum absolute atomic E-state index is 0.120. The van der Waals surface area contributed by atoms with Crippen LogP contribution in [-0.4, -0.2) is 42.4 Å². The van der Waals surface area contributed by atoms with Crippen LogP contribution in [0.2, 0.25) is 0 Å². The Morgan fingerprint density at radius 2 is 1.88 bits per heavy atom.